The monoisotopic (exact) mass is 176 g/mol. The molecule has 1 fully saturated rings. The van der Waals surface area contributed by atoms with Crippen LogP contribution in [0.15, 0.2) is 18.2 Å². The number of hydrogen-bond acceptors (Lipinski definition) is 1. The second-order valence-electron chi connectivity index (χ2n) is 3.57. The summed E-state index contributed by atoms with van der Waals surface area (Å²) in [5.41, 5.74) is 1.97. The smallest absolute Gasteiger partial charge is 0.124 e. The highest BCUT2D eigenvalue weighted by Gasteiger charge is 2.27. The van der Waals surface area contributed by atoms with Gasteiger partial charge in [-0.05, 0) is 31.0 Å². The Hall–Kier alpha value is -1.38. The van der Waals surface area contributed by atoms with Crippen LogP contribution in [0.25, 0.3) is 10.9 Å². The first kappa shape index (κ1) is 7.06. The second-order valence-corrected chi connectivity index (χ2v) is 3.57. The van der Waals surface area contributed by atoms with E-state index in [1.54, 1.807) is 12.1 Å². The van der Waals surface area contributed by atoms with Gasteiger partial charge in [0.2, 0.25) is 0 Å². The van der Waals surface area contributed by atoms with Crippen LogP contribution in [0.1, 0.15) is 24.5 Å². The molecule has 0 aliphatic heterocycles. The van der Waals surface area contributed by atoms with E-state index in [0.717, 1.165) is 16.6 Å². The van der Waals surface area contributed by atoms with Crippen LogP contribution >= 0.6 is 0 Å². The van der Waals surface area contributed by atoms with E-state index in [9.17, 15) is 4.39 Å². The van der Waals surface area contributed by atoms with Crippen molar-refractivity contribution in [2.75, 3.05) is 0 Å². The van der Waals surface area contributed by atoms with Gasteiger partial charge in [0.25, 0.3) is 0 Å². The number of halogens is 1. The Morgan fingerprint density at radius 2 is 2.23 bits per heavy atom. The number of rotatable bonds is 1. The van der Waals surface area contributed by atoms with E-state index in [0.29, 0.717) is 5.92 Å². The van der Waals surface area contributed by atoms with Gasteiger partial charge in [0, 0.05) is 17.0 Å². The first-order chi connectivity index (χ1) is 6.34. The highest BCUT2D eigenvalue weighted by Crippen LogP contribution is 2.41. The molecule has 0 atom stereocenters. The normalized spacial score (nSPS) is 16.7. The molecular weight excluding hydrogens is 167 g/mol. The lowest BCUT2D eigenvalue weighted by Crippen LogP contribution is -1.79. The van der Waals surface area contributed by atoms with E-state index in [1.807, 2.05) is 0 Å². The van der Waals surface area contributed by atoms with E-state index in [4.69, 9.17) is 0 Å². The summed E-state index contributed by atoms with van der Waals surface area (Å²) >= 11 is 0. The number of nitrogens with zero attached hydrogens (tertiary/aromatic N) is 1. The number of H-pyrrole nitrogens is 1. The summed E-state index contributed by atoms with van der Waals surface area (Å²) in [6, 6.07) is 4.72. The average Bonchev–Trinajstić information content (AvgIpc) is 2.87. The van der Waals surface area contributed by atoms with Crippen molar-refractivity contribution in [3.63, 3.8) is 0 Å². The molecule has 0 amide bonds. The first-order valence-electron chi connectivity index (χ1n) is 4.48. The minimum atomic E-state index is -0.184. The lowest BCUT2D eigenvalue weighted by atomic mass is 10.1. The summed E-state index contributed by atoms with van der Waals surface area (Å²) < 4.78 is 12.9. The van der Waals surface area contributed by atoms with Gasteiger partial charge in [-0.2, -0.15) is 5.10 Å². The number of fused-ring (bicyclic) bond motifs is 1. The Labute approximate surface area is 74.8 Å². The summed E-state index contributed by atoms with van der Waals surface area (Å²) in [6.07, 6.45) is 2.40. The summed E-state index contributed by atoms with van der Waals surface area (Å²) in [6.45, 7) is 0. The highest BCUT2D eigenvalue weighted by atomic mass is 19.1. The molecule has 13 heavy (non-hydrogen) atoms. The van der Waals surface area contributed by atoms with Crippen molar-refractivity contribution in [1.82, 2.24) is 10.2 Å². The maximum atomic E-state index is 12.9. The molecule has 0 spiro atoms. The van der Waals surface area contributed by atoms with Gasteiger partial charge in [0.15, 0.2) is 0 Å². The minimum absolute atomic E-state index is 0.184. The standard InChI is InChI=1S/C10H9FN2/c11-7-3-4-9-8(5-7)10(13-12-9)6-1-2-6/h3-6H,1-2H2,(H,12,13). The largest absolute Gasteiger partial charge is 0.281 e. The number of benzene rings is 1. The zero-order valence-electron chi connectivity index (χ0n) is 7.05. The lowest BCUT2D eigenvalue weighted by molar-refractivity contribution is 0.629. The van der Waals surface area contributed by atoms with Crippen LogP contribution in [0, 0.1) is 5.82 Å². The van der Waals surface area contributed by atoms with E-state index < -0.39 is 0 Å². The van der Waals surface area contributed by atoms with Gasteiger partial charge in [-0.3, -0.25) is 5.10 Å². The topological polar surface area (TPSA) is 28.7 Å². The molecule has 1 aromatic heterocycles. The Morgan fingerprint density at radius 3 is 3.00 bits per heavy atom. The molecule has 1 aliphatic carbocycles. The third-order valence-corrected chi connectivity index (χ3v) is 2.53. The quantitative estimate of drug-likeness (QED) is 0.710. The summed E-state index contributed by atoms with van der Waals surface area (Å²) in [4.78, 5) is 0. The summed E-state index contributed by atoms with van der Waals surface area (Å²) in [7, 11) is 0. The van der Waals surface area contributed by atoms with Crippen molar-refractivity contribution in [1.29, 1.82) is 0 Å². The molecule has 2 nitrogen and oxygen atoms in total. The van der Waals surface area contributed by atoms with Crippen LogP contribution in [-0.2, 0) is 0 Å². The van der Waals surface area contributed by atoms with Gasteiger partial charge in [0.05, 0.1) is 5.52 Å². The fraction of sp³-hybridized carbons (Fsp3) is 0.300. The van der Waals surface area contributed by atoms with E-state index in [2.05, 4.69) is 10.2 Å². The lowest BCUT2D eigenvalue weighted by Gasteiger charge is -1.92. The van der Waals surface area contributed by atoms with Crippen molar-refractivity contribution in [3.8, 4) is 0 Å². The second kappa shape index (κ2) is 2.31. The van der Waals surface area contributed by atoms with Crippen molar-refractivity contribution >= 4 is 10.9 Å². The molecule has 2 aromatic rings. The Kier molecular flexibility index (Phi) is 1.26. The van der Waals surface area contributed by atoms with Gasteiger partial charge < -0.3 is 0 Å². The zero-order chi connectivity index (χ0) is 8.84. The van der Waals surface area contributed by atoms with E-state index >= 15 is 0 Å². The molecule has 0 unspecified atom stereocenters. The van der Waals surface area contributed by atoms with Gasteiger partial charge in [-0.1, -0.05) is 0 Å². The van der Waals surface area contributed by atoms with E-state index in [1.165, 1.54) is 18.9 Å². The molecule has 1 heterocycles. The molecule has 3 rings (SSSR count). The van der Waals surface area contributed by atoms with Gasteiger partial charge in [-0.25, -0.2) is 4.39 Å². The maximum Gasteiger partial charge on any atom is 0.124 e. The molecule has 3 heteroatoms. The third-order valence-electron chi connectivity index (χ3n) is 2.53. The Bertz CT molecular complexity index is 457. The SMILES string of the molecule is Fc1ccc2n[nH]c(C3CC3)c2c1. The van der Waals surface area contributed by atoms with E-state index in [-0.39, 0.29) is 5.82 Å². The van der Waals surface area contributed by atoms with Crippen LogP contribution in [0.4, 0.5) is 4.39 Å². The van der Waals surface area contributed by atoms with Gasteiger partial charge in [-0.15, -0.1) is 0 Å². The fourth-order valence-corrected chi connectivity index (χ4v) is 1.69. The predicted octanol–water partition coefficient (Wildman–Crippen LogP) is 2.58. The molecular formula is C10H9FN2. The van der Waals surface area contributed by atoms with Crippen LogP contribution < -0.4 is 0 Å². The van der Waals surface area contributed by atoms with Crippen LogP contribution in [0.5, 0.6) is 0 Å². The predicted molar refractivity (Wildman–Crippen MR) is 48.0 cm³/mol. The highest BCUT2D eigenvalue weighted by molar-refractivity contribution is 5.82. The van der Waals surface area contributed by atoms with Crippen molar-refractivity contribution in [2.24, 2.45) is 0 Å². The first-order valence-corrected chi connectivity index (χ1v) is 4.48. The molecule has 66 valence electrons. The third kappa shape index (κ3) is 1.03. The number of aromatic amines is 1. The van der Waals surface area contributed by atoms with Gasteiger partial charge in [0.1, 0.15) is 5.82 Å². The van der Waals surface area contributed by atoms with Gasteiger partial charge >= 0.3 is 0 Å². The number of aromatic nitrogens is 2. The molecule has 1 N–H and O–H groups in total. The molecule has 1 aromatic carbocycles. The number of hydrogen-bond donors (Lipinski definition) is 1. The zero-order valence-corrected chi connectivity index (χ0v) is 7.05. The van der Waals surface area contributed by atoms with Crippen molar-refractivity contribution in [3.05, 3.63) is 29.7 Å². The number of nitrogens with one attached hydrogen (secondary N) is 1. The average molecular weight is 176 g/mol. The molecule has 0 radical (unpaired) electrons. The van der Waals surface area contributed by atoms with Crippen LogP contribution in [0.2, 0.25) is 0 Å². The summed E-state index contributed by atoms with van der Waals surface area (Å²) in [5.74, 6) is 0.405. The molecule has 0 bridgehead atoms. The molecule has 1 aliphatic rings. The minimum Gasteiger partial charge on any atom is -0.281 e. The van der Waals surface area contributed by atoms with Crippen LogP contribution in [-0.4, -0.2) is 10.2 Å². The molecule has 1 saturated carbocycles. The molecule has 0 saturated heterocycles. The summed E-state index contributed by atoms with van der Waals surface area (Å²) in [5, 5.41) is 8.06. The van der Waals surface area contributed by atoms with Crippen LogP contribution in [0.3, 0.4) is 0 Å². The fourth-order valence-electron chi connectivity index (χ4n) is 1.69. The Balaban J connectivity index is 2.29. The van der Waals surface area contributed by atoms with Crippen molar-refractivity contribution in [2.45, 2.75) is 18.8 Å². The maximum absolute atomic E-state index is 12.9. The Morgan fingerprint density at radius 1 is 1.38 bits per heavy atom. The van der Waals surface area contributed by atoms with Crippen molar-refractivity contribution < 1.29 is 4.39 Å².